The van der Waals surface area contributed by atoms with Crippen LogP contribution in [0.5, 0.6) is 0 Å². The Morgan fingerprint density at radius 3 is 2.80 bits per heavy atom. The fourth-order valence-electron chi connectivity index (χ4n) is 2.26. The fourth-order valence-corrected chi connectivity index (χ4v) is 2.26. The van der Waals surface area contributed by atoms with Crippen molar-refractivity contribution in [2.24, 2.45) is 5.84 Å². The van der Waals surface area contributed by atoms with Gasteiger partial charge in [0.05, 0.1) is 29.6 Å². The number of nitrogens with zero attached hydrogens (tertiary/aromatic N) is 3. The molecule has 0 aliphatic rings. The predicted molar refractivity (Wildman–Crippen MR) is 80.4 cm³/mol. The van der Waals surface area contributed by atoms with Crippen LogP contribution >= 0.6 is 0 Å². The van der Waals surface area contributed by atoms with Gasteiger partial charge in [0, 0.05) is 0 Å². The number of hydrazine groups is 1. The Morgan fingerprint density at radius 1 is 1.20 bits per heavy atom. The van der Waals surface area contributed by atoms with Crippen LogP contribution in [0.15, 0.2) is 36.7 Å². The van der Waals surface area contributed by atoms with Crippen LogP contribution in [-0.4, -0.2) is 14.5 Å². The number of aromatic nitrogens is 3. The Bertz CT molecular complexity index is 760. The third kappa shape index (κ3) is 2.23. The lowest BCUT2D eigenvalue weighted by atomic mass is 10.1. The van der Waals surface area contributed by atoms with Crippen LogP contribution in [0.3, 0.4) is 0 Å². The van der Waals surface area contributed by atoms with Gasteiger partial charge in [0.2, 0.25) is 0 Å². The number of anilines is 1. The van der Waals surface area contributed by atoms with Gasteiger partial charge in [-0.25, -0.2) is 15.8 Å². The summed E-state index contributed by atoms with van der Waals surface area (Å²) < 4.78 is 2.10. The topological polar surface area (TPSA) is 68.8 Å². The van der Waals surface area contributed by atoms with E-state index in [-0.39, 0.29) is 0 Å². The van der Waals surface area contributed by atoms with Crippen LogP contribution < -0.4 is 11.3 Å². The Kier molecular flexibility index (Phi) is 3.12. The van der Waals surface area contributed by atoms with Gasteiger partial charge in [-0.1, -0.05) is 6.07 Å². The zero-order chi connectivity index (χ0) is 14.1. The molecule has 102 valence electrons. The number of nitrogens with one attached hydrogen (secondary N) is 1. The maximum atomic E-state index is 5.39. The molecule has 0 bridgehead atoms. The monoisotopic (exact) mass is 267 g/mol. The molecule has 0 atom stereocenters. The van der Waals surface area contributed by atoms with Crippen molar-refractivity contribution in [1.82, 2.24) is 14.5 Å². The molecule has 3 rings (SSSR count). The van der Waals surface area contributed by atoms with Gasteiger partial charge in [-0.3, -0.25) is 0 Å². The maximum Gasteiger partial charge on any atom is 0.140 e. The molecule has 0 amide bonds. The van der Waals surface area contributed by atoms with E-state index in [9.17, 15) is 0 Å². The number of benzene rings is 1. The van der Waals surface area contributed by atoms with Gasteiger partial charge in [-0.2, -0.15) is 0 Å². The van der Waals surface area contributed by atoms with Crippen molar-refractivity contribution >= 4 is 16.9 Å². The van der Waals surface area contributed by atoms with Crippen molar-refractivity contribution in [3.05, 3.63) is 53.5 Å². The van der Waals surface area contributed by atoms with E-state index in [1.54, 1.807) is 0 Å². The second-order valence-electron chi connectivity index (χ2n) is 4.96. The van der Waals surface area contributed by atoms with Gasteiger partial charge >= 0.3 is 0 Å². The third-order valence-electron chi connectivity index (χ3n) is 3.52. The van der Waals surface area contributed by atoms with Gasteiger partial charge < -0.3 is 9.99 Å². The van der Waals surface area contributed by atoms with E-state index in [0.29, 0.717) is 12.4 Å². The van der Waals surface area contributed by atoms with Gasteiger partial charge in [-0.05, 0) is 49.2 Å². The van der Waals surface area contributed by atoms with E-state index in [1.807, 2.05) is 24.5 Å². The van der Waals surface area contributed by atoms with E-state index in [4.69, 9.17) is 5.84 Å². The quantitative estimate of drug-likeness (QED) is 0.564. The van der Waals surface area contributed by atoms with Crippen LogP contribution in [0, 0.1) is 13.8 Å². The molecule has 0 saturated heterocycles. The number of hydrogen-bond donors (Lipinski definition) is 2. The van der Waals surface area contributed by atoms with E-state index in [0.717, 1.165) is 16.7 Å². The molecule has 0 saturated carbocycles. The number of pyridine rings is 1. The second kappa shape index (κ2) is 4.94. The molecule has 0 spiro atoms. The standard InChI is InChI=1S/C15H17N5/c1-10-6-13-14(7-11(10)2)20(9-17-13)8-12-4-3-5-15(18-12)19-16/h3-7,9H,8,16H2,1-2H3,(H,18,19). The summed E-state index contributed by atoms with van der Waals surface area (Å²) in [6, 6.07) is 10.0. The highest BCUT2D eigenvalue weighted by atomic mass is 15.2. The molecule has 2 aromatic heterocycles. The van der Waals surface area contributed by atoms with E-state index in [1.165, 1.54) is 11.1 Å². The molecule has 1 aromatic carbocycles. The number of rotatable bonds is 3. The predicted octanol–water partition coefficient (Wildman–Crippen LogP) is 2.38. The summed E-state index contributed by atoms with van der Waals surface area (Å²) in [6.45, 7) is 4.89. The molecule has 3 N–H and O–H groups in total. The molecule has 2 heterocycles. The van der Waals surface area contributed by atoms with Crippen molar-refractivity contribution in [1.29, 1.82) is 0 Å². The smallest absolute Gasteiger partial charge is 0.140 e. The minimum atomic E-state index is 0.666. The highest BCUT2D eigenvalue weighted by Crippen LogP contribution is 2.19. The first kappa shape index (κ1) is 12.6. The molecule has 0 unspecified atom stereocenters. The van der Waals surface area contributed by atoms with Gasteiger partial charge in [0.15, 0.2) is 0 Å². The summed E-state index contributed by atoms with van der Waals surface area (Å²) >= 11 is 0. The lowest BCUT2D eigenvalue weighted by molar-refractivity contribution is 0.797. The molecule has 0 aliphatic carbocycles. The van der Waals surface area contributed by atoms with E-state index in [2.05, 4.69) is 45.9 Å². The summed E-state index contributed by atoms with van der Waals surface area (Å²) in [7, 11) is 0. The van der Waals surface area contributed by atoms with Crippen LogP contribution in [0.1, 0.15) is 16.8 Å². The Balaban J connectivity index is 2.00. The Labute approximate surface area is 117 Å². The van der Waals surface area contributed by atoms with Crippen molar-refractivity contribution in [2.45, 2.75) is 20.4 Å². The highest BCUT2D eigenvalue weighted by molar-refractivity contribution is 5.77. The number of nitrogen functional groups attached to an aromatic ring is 1. The number of nitrogens with two attached hydrogens (primary N) is 1. The summed E-state index contributed by atoms with van der Waals surface area (Å²) in [5.74, 6) is 6.05. The average Bonchev–Trinajstić information content (AvgIpc) is 2.82. The first-order chi connectivity index (χ1) is 9.67. The lowest BCUT2D eigenvalue weighted by Crippen LogP contribution is -2.10. The normalized spacial score (nSPS) is 10.9. The van der Waals surface area contributed by atoms with Crippen molar-refractivity contribution in [3.8, 4) is 0 Å². The summed E-state index contributed by atoms with van der Waals surface area (Å²) in [5, 5.41) is 0. The van der Waals surface area contributed by atoms with E-state index < -0.39 is 0 Å². The summed E-state index contributed by atoms with van der Waals surface area (Å²) in [4.78, 5) is 8.88. The number of fused-ring (bicyclic) bond motifs is 1. The zero-order valence-electron chi connectivity index (χ0n) is 11.6. The van der Waals surface area contributed by atoms with Crippen LogP contribution in [0.2, 0.25) is 0 Å². The number of aryl methyl sites for hydroxylation is 2. The number of hydrogen-bond acceptors (Lipinski definition) is 4. The van der Waals surface area contributed by atoms with Crippen molar-refractivity contribution < 1.29 is 0 Å². The summed E-state index contributed by atoms with van der Waals surface area (Å²) in [5.41, 5.74) is 8.18. The SMILES string of the molecule is Cc1cc2ncn(Cc3cccc(NN)n3)c2cc1C. The van der Waals surface area contributed by atoms with Crippen molar-refractivity contribution in [2.75, 3.05) is 5.43 Å². The molecule has 20 heavy (non-hydrogen) atoms. The van der Waals surface area contributed by atoms with Crippen LogP contribution in [0.4, 0.5) is 5.82 Å². The molecule has 0 aliphatic heterocycles. The molecule has 0 fully saturated rings. The minimum absolute atomic E-state index is 0.666. The van der Waals surface area contributed by atoms with Crippen LogP contribution in [0.25, 0.3) is 11.0 Å². The summed E-state index contributed by atoms with van der Waals surface area (Å²) in [6.07, 6.45) is 1.85. The molecule has 5 nitrogen and oxygen atoms in total. The van der Waals surface area contributed by atoms with Gasteiger partial charge in [0.1, 0.15) is 5.82 Å². The van der Waals surface area contributed by atoms with Gasteiger partial charge in [-0.15, -0.1) is 0 Å². The largest absolute Gasteiger partial charge is 0.324 e. The second-order valence-corrected chi connectivity index (χ2v) is 4.96. The van der Waals surface area contributed by atoms with E-state index >= 15 is 0 Å². The molecular weight excluding hydrogens is 250 g/mol. The van der Waals surface area contributed by atoms with Crippen LogP contribution in [-0.2, 0) is 6.54 Å². The molecule has 3 aromatic rings. The molecule has 5 heteroatoms. The third-order valence-corrected chi connectivity index (χ3v) is 3.52. The Morgan fingerprint density at radius 2 is 2.00 bits per heavy atom. The lowest BCUT2D eigenvalue weighted by Gasteiger charge is -2.07. The number of imidazole rings is 1. The maximum absolute atomic E-state index is 5.39. The highest BCUT2D eigenvalue weighted by Gasteiger charge is 2.06. The zero-order valence-corrected chi connectivity index (χ0v) is 11.6. The molecular formula is C15H17N5. The Hall–Kier alpha value is -2.40. The first-order valence-corrected chi connectivity index (χ1v) is 6.52. The fraction of sp³-hybridized carbons (Fsp3) is 0.200. The van der Waals surface area contributed by atoms with Crippen molar-refractivity contribution in [3.63, 3.8) is 0 Å². The molecule has 0 radical (unpaired) electrons. The van der Waals surface area contributed by atoms with Gasteiger partial charge in [0.25, 0.3) is 0 Å². The first-order valence-electron chi connectivity index (χ1n) is 6.52. The average molecular weight is 267 g/mol. The minimum Gasteiger partial charge on any atom is -0.324 e.